The standard InChI is InChI=1S/C20H32O3/c1-15-6-5-7-16(14-21)9-10-17(19(2,3)22)12-13-20(4)18(23-20)11-8-15/h6,9-10,18,21-22H,5,7-8,11-14H2,1-4H3/b15-6+,16-9-,17-10+/t18-,20-/m1/s1. The number of hydrogen-bond acceptors (Lipinski definition) is 3. The van der Waals surface area contributed by atoms with Crippen molar-refractivity contribution in [2.75, 3.05) is 6.61 Å². The molecule has 0 bridgehead atoms. The van der Waals surface area contributed by atoms with E-state index in [9.17, 15) is 10.2 Å². The van der Waals surface area contributed by atoms with Gasteiger partial charge in [0.25, 0.3) is 0 Å². The zero-order valence-electron chi connectivity index (χ0n) is 15.1. The molecule has 3 nitrogen and oxygen atoms in total. The minimum atomic E-state index is -0.842. The molecular formula is C20H32O3. The average Bonchev–Trinajstić information content (AvgIpc) is 3.11. The van der Waals surface area contributed by atoms with E-state index in [2.05, 4.69) is 19.9 Å². The molecule has 2 N–H and O–H groups in total. The summed E-state index contributed by atoms with van der Waals surface area (Å²) in [5.74, 6) is 0. The van der Waals surface area contributed by atoms with Crippen molar-refractivity contribution in [2.45, 2.75) is 83.5 Å². The first kappa shape index (κ1) is 18.4. The van der Waals surface area contributed by atoms with E-state index in [1.54, 1.807) is 0 Å². The first-order valence-corrected chi connectivity index (χ1v) is 8.80. The van der Waals surface area contributed by atoms with E-state index in [1.165, 1.54) is 5.57 Å². The summed E-state index contributed by atoms with van der Waals surface area (Å²) in [4.78, 5) is 0. The number of fused-ring (bicyclic) bond motifs is 1. The Morgan fingerprint density at radius 2 is 2.00 bits per heavy atom. The molecule has 3 heteroatoms. The van der Waals surface area contributed by atoms with Gasteiger partial charge >= 0.3 is 0 Å². The topological polar surface area (TPSA) is 53.0 Å². The van der Waals surface area contributed by atoms with E-state index in [4.69, 9.17) is 4.74 Å². The molecule has 2 atom stereocenters. The molecule has 0 aromatic rings. The van der Waals surface area contributed by atoms with Gasteiger partial charge in [-0.15, -0.1) is 0 Å². The Bertz CT molecular complexity index is 507. The quantitative estimate of drug-likeness (QED) is 0.596. The summed E-state index contributed by atoms with van der Waals surface area (Å²) in [6, 6.07) is 0. The Morgan fingerprint density at radius 1 is 1.26 bits per heavy atom. The zero-order chi connectivity index (χ0) is 17.1. The fraction of sp³-hybridized carbons (Fsp3) is 0.700. The molecule has 1 aliphatic heterocycles. The molecule has 2 rings (SSSR count). The molecule has 1 fully saturated rings. The lowest BCUT2D eigenvalue weighted by Crippen LogP contribution is -2.23. The van der Waals surface area contributed by atoms with Crippen LogP contribution in [0.25, 0.3) is 0 Å². The highest BCUT2D eigenvalue weighted by Gasteiger charge is 2.51. The monoisotopic (exact) mass is 320 g/mol. The van der Waals surface area contributed by atoms with Crippen LogP contribution in [0.1, 0.15) is 66.2 Å². The van der Waals surface area contributed by atoms with Crippen LogP contribution >= 0.6 is 0 Å². The SMILES string of the molecule is C/C1=C\CC/C(CO)=C/C=C(/C(C)(C)O)CC[C@@]2(C)O[C@@H]2CC1. The number of aliphatic hydroxyl groups excluding tert-OH is 1. The molecular weight excluding hydrogens is 288 g/mol. The third-order valence-electron chi connectivity index (χ3n) is 5.19. The molecule has 0 radical (unpaired) electrons. The summed E-state index contributed by atoms with van der Waals surface area (Å²) in [6.07, 6.45) is 12.3. The Labute approximate surface area is 140 Å². The third kappa shape index (κ3) is 5.30. The van der Waals surface area contributed by atoms with Crippen molar-refractivity contribution in [3.8, 4) is 0 Å². The number of allylic oxidation sites excluding steroid dienone is 4. The molecule has 0 aromatic carbocycles. The van der Waals surface area contributed by atoms with Crippen LogP contribution in [-0.2, 0) is 4.74 Å². The predicted molar refractivity (Wildman–Crippen MR) is 94.3 cm³/mol. The smallest absolute Gasteiger partial charge is 0.0923 e. The number of hydrogen-bond donors (Lipinski definition) is 2. The van der Waals surface area contributed by atoms with Crippen molar-refractivity contribution < 1.29 is 14.9 Å². The van der Waals surface area contributed by atoms with E-state index in [0.29, 0.717) is 6.10 Å². The Morgan fingerprint density at radius 3 is 2.65 bits per heavy atom. The summed E-state index contributed by atoms with van der Waals surface area (Å²) >= 11 is 0. The summed E-state index contributed by atoms with van der Waals surface area (Å²) in [7, 11) is 0. The van der Waals surface area contributed by atoms with E-state index in [0.717, 1.165) is 49.7 Å². The van der Waals surface area contributed by atoms with Crippen LogP contribution in [0.15, 0.2) is 34.9 Å². The van der Waals surface area contributed by atoms with Crippen LogP contribution < -0.4 is 0 Å². The van der Waals surface area contributed by atoms with E-state index in [1.807, 2.05) is 26.0 Å². The average molecular weight is 320 g/mol. The van der Waals surface area contributed by atoms with Crippen molar-refractivity contribution in [3.05, 3.63) is 34.9 Å². The molecule has 23 heavy (non-hydrogen) atoms. The first-order valence-electron chi connectivity index (χ1n) is 8.80. The van der Waals surface area contributed by atoms with Gasteiger partial charge in [0.15, 0.2) is 0 Å². The fourth-order valence-corrected chi connectivity index (χ4v) is 3.25. The van der Waals surface area contributed by atoms with Crippen LogP contribution in [0.2, 0.25) is 0 Å². The number of epoxide rings is 1. The van der Waals surface area contributed by atoms with Crippen molar-refractivity contribution in [3.63, 3.8) is 0 Å². The molecule has 0 amide bonds. The maximum absolute atomic E-state index is 10.4. The molecule has 0 saturated carbocycles. The molecule has 2 aliphatic rings. The maximum atomic E-state index is 10.4. The van der Waals surface area contributed by atoms with Gasteiger partial charge in [-0.2, -0.15) is 0 Å². The van der Waals surface area contributed by atoms with Crippen molar-refractivity contribution in [1.29, 1.82) is 0 Å². The Balaban J connectivity index is 2.21. The lowest BCUT2D eigenvalue weighted by molar-refractivity contribution is 0.114. The fourth-order valence-electron chi connectivity index (χ4n) is 3.25. The van der Waals surface area contributed by atoms with E-state index in [-0.39, 0.29) is 12.2 Å². The number of aliphatic hydroxyl groups is 2. The Hall–Kier alpha value is -0.900. The van der Waals surface area contributed by atoms with E-state index < -0.39 is 5.60 Å². The minimum Gasteiger partial charge on any atom is -0.392 e. The highest BCUT2D eigenvalue weighted by atomic mass is 16.6. The lowest BCUT2D eigenvalue weighted by Gasteiger charge is -2.23. The molecule has 0 spiro atoms. The van der Waals surface area contributed by atoms with Crippen LogP contribution in [0, 0.1) is 0 Å². The molecule has 0 aromatic heterocycles. The minimum absolute atomic E-state index is 0.0434. The van der Waals surface area contributed by atoms with Crippen LogP contribution in [-0.4, -0.2) is 34.1 Å². The first-order chi connectivity index (χ1) is 10.7. The van der Waals surface area contributed by atoms with Crippen molar-refractivity contribution >= 4 is 0 Å². The second-order valence-electron chi connectivity index (χ2n) is 7.78. The van der Waals surface area contributed by atoms with Gasteiger partial charge in [-0.25, -0.2) is 0 Å². The second-order valence-corrected chi connectivity index (χ2v) is 7.78. The molecule has 1 aliphatic carbocycles. The highest BCUT2D eigenvalue weighted by Crippen LogP contribution is 2.44. The van der Waals surface area contributed by atoms with Gasteiger partial charge in [0.2, 0.25) is 0 Å². The van der Waals surface area contributed by atoms with Gasteiger partial charge in [-0.1, -0.05) is 23.8 Å². The highest BCUT2D eigenvalue weighted by molar-refractivity contribution is 5.25. The normalized spacial score (nSPS) is 37.3. The summed E-state index contributed by atoms with van der Waals surface area (Å²) < 4.78 is 5.94. The third-order valence-corrected chi connectivity index (χ3v) is 5.19. The summed E-state index contributed by atoms with van der Waals surface area (Å²) in [6.45, 7) is 8.09. The molecule has 1 saturated heterocycles. The predicted octanol–water partition coefficient (Wildman–Crippen LogP) is 4.06. The Kier molecular flexibility index (Phi) is 5.88. The lowest BCUT2D eigenvalue weighted by atomic mass is 9.88. The molecule has 0 unspecified atom stereocenters. The zero-order valence-corrected chi connectivity index (χ0v) is 15.1. The van der Waals surface area contributed by atoms with Gasteiger partial charge < -0.3 is 14.9 Å². The number of rotatable bonds is 2. The van der Waals surface area contributed by atoms with Crippen molar-refractivity contribution in [2.24, 2.45) is 0 Å². The van der Waals surface area contributed by atoms with Crippen LogP contribution in [0.3, 0.4) is 0 Å². The van der Waals surface area contributed by atoms with Crippen molar-refractivity contribution in [1.82, 2.24) is 0 Å². The van der Waals surface area contributed by atoms with Gasteiger partial charge in [-0.05, 0) is 77.4 Å². The van der Waals surface area contributed by atoms with Gasteiger partial charge in [-0.3, -0.25) is 0 Å². The van der Waals surface area contributed by atoms with Crippen LogP contribution in [0.4, 0.5) is 0 Å². The van der Waals surface area contributed by atoms with E-state index >= 15 is 0 Å². The maximum Gasteiger partial charge on any atom is 0.0923 e. The van der Waals surface area contributed by atoms with Gasteiger partial charge in [0, 0.05) is 0 Å². The summed E-state index contributed by atoms with van der Waals surface area (Å²) in [5.41, 5.74) is 2.54. The molecule has 1 heterocycles. The van der Waals surface area contributed by atoms with Gasteiger partial charge in [0.05, 0.1) is 23.9 Å². The number of ether oxygens (including phenoxy) is 1. The molecule has 130 valence electrons. The van der Waals surface area contributed by atoms with Gasteiger partial charge in [0.1, 0.15) is 0 Å². The summed E-state index contributed by atoms with van der Waals surface area (Å²) in [5, 5.41) is 20.0. The largest absolute Gasteiger partial charge is 0.392 e. The van der Waals surface area contributed by atoms with Crippen LogP contribution in [0.5, 0.6) is 0 Å². The second kappa shape index (κ2) is 7.33.